The molecule has 0 N–H and O–H groups in total. The van der Waals surface area contributed by atoms with Crippen LogP contribution in [0, 0.1) is 5.41 Å². The number of rotatable bonds is 6. The Kier molecular flexibility index (Phi) is 6.11. The lowest BCUT2D eigenvalue weighted by molar-refractivity contribution is 0.263. The fourth-order valence-corrected chi connectivity index (χ4v) is 2.28. The van der Waals surface area contributed by atoms with E-state index in [4.69, 9.17) is 0 Å². The molecule has 0 unspecified atom stereocenters. The molecule has 0 amide bonds. The van der Waals surface area contributed by atoms with Gasteiger partial charge in [-0.1, -0.05) is 45.3 Å². The molecule has 0 aromatic rings. The Morgan fingerprint density at radius 1 is 1.15 bits per heavy atom. The van der Waals surface area contributed by atoms with Crippen molar-refractivity contribution >= 4 is 0 Å². The van der Waals surface area contributed by atoms with E-state index in [1.807, 2.05) is 0 Å². The average molecular weight is 182 g/mol. The lowest BCUT2D eigenvalue weighted by atomic mass is 9.76. The van der Waals surface area contributed by atoms with E-state index in [2.05, 4.69) is 40.7 Å². The maximum atomic E-state index is 2.44. The van der Waals surface area contributed by atoms with E-state index in [9.17, 15) is 0 Å². The second-order valence-corrected chi connectivity index (χ2v) is 4.62. The summed E-state index contributed by atoms with van der Waals surface area (Å²) in [5, 5.41) is 0. The van der Waals surface area contributed by atoms with Crippen LogP contribution in [0.3, 0.4) is 0 Å². The first kappa shape index (κ1) is 12.7. The van der Waals surface area contributed by atoms with Crippen LogP contribution in [0.5, 0.6) is 0 Å². The SMILES string of the molecule is CC=C(C)CC(C)(CCC)CCC. The van der Waals surface area contributed by atoms with Crippen LogP contribution in [0.4, 0.5) is 0 Å². The summed E-state index contributed by atoms with van der Waals surface area (Å²) in [7, 11) is 0. The summed E-state index contributed by atoms with van der Waals surface area (Å²) in [6.07, 6.45) is 8.90. The fraction of sp³-hybridized carbons (Fsp3) is 0.846. The van der Waals surface area contributed by atoms with Gasteiger partial charge in [0.05, 0.1) is 0 Å². The first-order valence-corrected chi connectivity index (χ1v) is 5.69. The largest absolute Gasteiger partial charge is 0.0887 e. The van der Waals surface area contributed by atoms with Crippen molar-refractivity contribution in [2.45, 2.75) is 66.7 Å². The van der Waals surface area contributed by atoms with Crippen molar-refractivity contribution in [3.05, 3.63) is 11.6 Å². The van der Waals surface area contributed by atoms with Gasteiger partial charge in [-0.05, 0) is 38.5 Å². The zero-order valence-corrected chi connectivity index (χ0v) is 10.1. The Hall–Kier alpha value is -0.260. The fourth-order valence-electron chi connectivity index (χ4n) is 2.28. The first-order chi connectivity index (χ1) is 6.08. The van der Waals surface area contributed by atoms with Crippen molar-refractivity contribution in [2.75, 3.05) is 0 Å². The molecule has 0 aromatic heterocycles. The minimum atomic E-state index is 0.556. The topological polar surface area (TPSA) is 0 Å². The lowest BCUT2D eigenvalue weighted by Gasteiger charge is -2.29. The van der Waals surface area contributed by atoms with Crippen LogP contribution in [0.2, 0.25) is 0 Å². The van der Waals surface area contributed by atoms with E-state index < -0.39 is 0 Å². The molecule has 0 atom stereocenters. The van der Waals surface area contributed by atoms with E-state index in [1.54, 1.807) is 5.57 Å². The normalized spacial score (nSPS) is 13.5. The van der Waals surface area contributed by atoms with Crippen molar-refractivity contribution in [2.24, 2.45) is 5.41 Å². The summed E-state index contributed by atoms with van der Waals surface area (Å²) >= 11 is 0. The van der Waals surface area contributed by atoms with Crippen LogP contribution in [0.25, 0.3) is 0 Å². The van der Waals surface area contributed by atoms with Gasteiger partial charge in [-0.25, -0.2) is 0 Å². The zero-order chi connectivity index (χ0) is 10.3. The van der Waals surface area contributed by atoms with Crippen LogP contribution in [-0.2, 0) is 0 Å². The maximum Gasteiger partial charge on any atom is -0.0269 e. The molecule has 0 saturated carbocycles. The molecule has 0 saturated heterocycles. The molecule has 0 aromatic carbocycles. The highest BCUT2D eigenvalue weighted by Gasteiger charge is 2.21. The third-order valence-electron chi connectivity index (χ3n) is 2.91. The van der Waals surface area contributed by atoms with Gasteiger partial charge >= 0.3 is 0 Å². The second kappa shape index (κ2) is 6.23. The van der Waals surface area contributed by atoms with Gasteiger partial charge in [-0.2, -0.15) is 0 Å². The van der Waals surface area contributed by atoms with E-state index in [1.165, 1.54) is 32.1 Å². The van der Waals surface area contributed by atoms with E-state index in [0.29, 0.717) is 5.41 Å². The van der Waals surface area contributed by atoms with Crippen LogP contribution in [0.1, 0.15) is 66.7 Å². The van der Waals surface area contributed by atoms with Crippen molar-refractivity contribution in [3.63, 3.8) is 0 Å². The molecular formula is C13H26. The monoisotopic (exact) mass is 182 g/mol. The maximum absolute atomic E-state index is 2.44. The third kappa shape index (κ3) is 5.13. The Morgan fingerprint density at radius 2 is 1.62 bits per heavy atom. The molecule has 0 fully saturated rings. The van der Waals surface area contributed by atoms with Gasteiger partial charge in [0.25, 0.3) is 0 Å². The van der Waals surface area contributed by atoms with Gasteiger partial charge < -0.3 is 0 Å². The molecular weight excluding hydrogens is 156 g/mol. The molecule has 0 radical (unpaired) electrons. The highest BCUT2D eigenvalue weighted by Crippen LogP contribution is 2.35. The number of hydrogen-bond donors (Lipinski definition) is 0. The van der Waals surface area contributed by atoms with Gasteiger partial charge in [0, 0.05) is 0 Å². The Morgan fingerprint density at radius 3 is 1.92 bits per heavy atom. The molecule has 0 nitrogen and oxygen atoms in total. The van der Waals surface area contributed by atoms with Crippen molar-refractivity contribution < 1.29 is 0 Å². The summed E-state index contributed by atoms with van der Waals surface area (Å²) < 4.78 is 0. The van der Waals surface area contributed by atoms with Crippen molar-refractivity contribution in [3.8, 4) is 0 Å². The van der Waals surface area contributed by atoms with Crippen LogP contribution in [-0.4, -0.2) is 0 Å². The quantitative estimate of drug-likeness (QED) is 0.510. The molecule has 0 spiro atoms. The van der Waals surface area contributed by atoms with E-state index in [-0.39, 0.29) is 0 Å². The van der Waals surface area contributed by atoms with Gasteiger partial charge in [-0.15, -0.1) is 0 Å². The van der Waals surface area contributed by atoms with Crippen LogP contribution in [0.15, 0.2) is 11.6 Å². The standard InChI is InChI=1S/C13H26/c1-6-9-13(5,10-7-2)11-12(4)8-3/h8H,6-7,9-11H2,1-5H3. The molecule has 0 aliphatic carbocycles. The smallest absolute Gasteiger partial charge is 0.0269 e. The highest BCUT2D eigenvalue weighted by molar-refractivity contribution is 5.00. The number of allylic oxidation sites excluding steroid dienone is 2. The minimum absolute atomic E-state index is 0.556. The zero-order valence-electron chi connectivity index (χ0n) is 10.1. The molecule has 78 valence electrons. The van der Waals surface area contributed by atoms with Crippen LogP contribution < -0.4 is 0 Å². The molecule has 0 aliphatic rings. The first-order valence-electron chi connectivity index (χ1n) is 5.69. The summed E-state index contributed by atoms with van der Waals surface area (Å²) in [6, 6.07) is 0. The van der Waals surface area contributed by atoms with E-state index in [0.717, 1.165) is 0 Å². The summed E-state index contributed by atoms with van der Waals surface area (Å²) in [6.45, 7) is 11.4. The summed E-state index contributed by atoms with van der Waals surface area (Å²) in [5.74, 6) is 0. The van der Waals surface area contributed by atoms with Gasteiger partial charge in [0.2, 0.25) is 0 Å². The van der Waals surface area contributed by atoms with Gasteiger partial charge in [-0.3, -0.25) is 0 Å². The van der Waals surface area contributed by atoms with E-state index >= 15 is 0 Å². The Bertz CT molecular complexity index is 147. The van der Waals surface area contributed by atoms with Crippen molar-refractivity contribution in [1.29, 1.82) is 0 Å². The Balaban J connectivity index is 4.22. The summed E-state index contributed by atoms with van der Waals surface area (Å²) in [5.41, 5.74) is 2.10. The predicted octanol–water partition coefficient (Wildman–Crippen LogP) is 4.95. The molecule has 0 heterocycles. The lowest BCUT2D eigenvalue weighted by Crippen LogP contribution is -2.16. The second-order valence-electron chi connectivity index (χ2n) is 4.62. The average Bonchev–Trinajstić information content (AvgIpc) is 2.04. The minimum Gasteiger partial charge on any atom is -0.0887 e. The van der Waals surface area contributed by atoms with Crippen LogP contribution >= 0.6 is 0 Å². The molecule has 0 bridgehead atoms. The molecule has 0 heteroatoms. The molecule has 0 aliphatic heterocycles. The summed E-state index contributed by atoms with van der Waals surface area (Å²) in [4.78, 5) is 0. The molecule has 0 rings (SSSR count). The van der Waals surface area contributed by atoms with Gasteiger partial charge in [0.1, 0.15) is 0 Å². The van der Waals surface area contributed by atoms with Gasteiger partial charge in [0.15, 0.2) is 0 Å². The third-order valence-corrected chi connectivity index (χ3v) is 2.91. The van der Waals surface area contributed by atoms with Crippen molar-refractivity contribution in [1.82, 2.24) is 0 Å². The molecule has 13 heavy (non-hydrogen) atoms. The predicted molar refractivity (Wildman–Crippen MR) is 62.0 cm³/mol. The highest BCUT2D eigenvalue weighted by atomic mass is 14.3. The number of hydrogen-bond acceptors (Lipinski definition) is 0. The Labute approximate surface area is 84.4 Å².